The van der Waals surface area contributed by atoms with Crippen molar-refractivity contribution < 1.29 is 4.42 Å². The third-order valence-electron chi connectivity index (χ3n) is 4.33. The number of rotatable bonds is 2. The Balaban J connectivity index is 2.13. The zero-order chi connectivity index (χ0) is 15.8. The highest BCUT2D eigenvalue weighted by Crippen LogP contribution is 2.41. The van der Waals surface area contributed by atoms with Crippen molar-refractivity contribution in [1.29, 1.82) is 0 Å². The fourth-order valence-corrected chi connectivity index (χ4v) is 2.98. The SMILES string of the molecule is Cc1cnc2oc(-c3ccccc3)c(-c3ccccc3)c2c1C. The molecule has 2 heterocycles. The van der Waals surface area contributed by atoms with E-state index in [2.05, 4.69) is 55.2 Å². The summed E-state index contributed by atoms with van der Waals surface area (Å²) < 4.78 is 6.16. The molecule has 0 aliphatic rings. The predicted octanol–water partition coefficient (Wildman–Crippen LogP) is 5.78. The second kappa shape index (κ2) is 5.40. The molecule has 4 rings (SSSR count). The van der Waals surface area contributed by atoms with Crippen LogP contribution in [0.1, 0.15) is 11.1 Å². The number of aryl methyl sites for hydroxylation is 2. The van der Waals surface area contributed by atoms with E-state index in [0.717, 1.165) is 27.8 Å². The highest BCUT2D eigenvalue weighted by molar-refractivity contribution is 6.02. The molecule has 0 unspecified atom stereocenters. The summed E-state index contributed by atoms with van der Waals surface area (Å²) >= 11 is 0. The molecule has 2 aromatic heterocycles. The quantitative estimate of drug-likeness (QED) is 0.469. The van der Waals surface area contributed by atoms with Gasteiger partial charge in [0.25, 0.3) is 0 Å². The molecule has 112 valence electrons. The van der Waals surface area contributed by atoms with E-state index >= 15 is 0 Å². The van der Waals surface area contributed by atoms with Crippen LogP contribution in [0, 0.1) is 13.8 Å². The van der Waals surface area contributed by atoms with E-state index in [1.807, 2.05) is 30.5 Å². The summed E-state index contributed by atoms with van der Waals surface area (Å²) in [6.45, 7) is 4.22. The molecule has 23 heavy (non-hydrogen) atoms. The molecule has 2 aromatic carbocycles. The Kier molecular flexibility index (Phi) is 3.23. The summed E-state index contributed by atoms with van der Waals surface area (Å²) in [6.07, 6.45) is 1.88. The van der Waals surface area contributed by atoms with Gasteiger partial charge in [-0.15, -0.1) is 0 Å². The Labute approximate surface area is 135 Å². The molecule has 0 aliphatic carbocycles. The first-order valence-corrected chi connectivity index (χ1v) is 7.75. The van der Waals surface area contributed by atoms with E-state index in [-0.39, 0.29) is 0 Å². The monoisotopic (exact) mass is 299 g/mol. The standard InChI is InChI=1S/C21H17NO/c1-14-13-22-21-18(15(14)2)19(16-9-5-3-6-10-16)20(23-21)17-11-7-4-8-12-17/h3-13H,1-2H3. The van der Waals surface area contributed by atoms with Crippen LogP contribution in [-0.4, -0.2) is 4.98 Å². The first kappa shape index (κ1) is 13.8. The molecule has 0 bridgehead atoms. The number of aromatic nitrogens is 1. The van der Waals surface area contributed by atoms with Gasteiger partial charge in [-0.05, 0) is 30.5 Å². The van der Waals surface area contributed by atoms with Crippen molar-refractivity contribution in [3.05, 3.63) is 78.0 Å². The molecule has 0 N–H and O–H groups in total. The third-order valence-corrected chi connectivity index (χ3v) is 4.33. The van der Waals surface area contributed by atoms with Crippen LogP contribution in [0.15, 0.2) is 71.3 Å². The molecule has 0 amide bonds. The van der Waals surface area contributed by atoms with Gasteiger partial charge >= 0.3 is 0 Å². The maximum absolute atomic E-state index is 6.16. The van der Waals surface area contributed by atoms with E-state index < -0.39 is 0 Å². The molecule has 0 saturated heterocycles. The second-order valence-electron chi connectivity index (χ2n) is 5.78. The van der Waals surface area contributed by atoms with Gasteiger partial charge in [-0.25, -0.2) is 4.98 Å². The molecule has 0 radical (unpaired) electrons. The fourth-order valence-electron chi connectivity index (χ4n) is 2.98. The molecule has 0 spiro atoms. The molecule has 2 heteroatoms. The minimum absolute atomic E-state index is 0.700. The number of pyridine rings is 1. The van der Waals surface area contributed by atoms with Gasteiger partial charge in [-0.2, -0.15) is 0 Å². The number of hydrogen-bond donors (Lipinski definition) is 0. The number of fused-ring (bicyclic) bond motifs is 1. The van der Waals surface area contributed by atoms with E-state index in [1.165, 1.54) is 11.1 Å². The maximum atomic E-state index is 6.16. The van der Waals surface area contributed by atoms with Crippen LogP contribution in [-0.2, 0) is 0 Å². The van der Waals surface area contributed by atoms with Crippen molar-refractivity contribution >= 4 is 11.1 Å². The topological polar surface area (TPSA) is 26.0 Å². The highest BCUT2D eigenvalue weighted by Gasteiger charge is 2.20. The van der Waals surface area contributed by atoms with Crippen molar-refractivity contribution in [3.8, 4) is 22.5 Å². The number of nitrogens with zero attached hydrogens (tertiary/aromatic N) is 1. The summed E-state index contributed by atoms with van der Waals surface area (Å²) in [6, 6.07) is 20.6. The Morgan fingerprint density at radius 3 is 2.04 bits per heavy atom. The summed E-state index contributed by atoms with van der Waals surface area (Å²) in [4.78, 5) is 4.51. The van der Waals surface area contributed by atoms with Crippen molar-refractivity contribution in [2.75, 3.05) is 0 Å². The van der Waals surface area contributed by atoms with Crippen LogP contribution < -0.4 is 0 Å². The lowest BCUT2D eigenvalue weighted by Gasteiger charge is -2.06. The van der Waals surface area contributed by atoms with E-state index in [1.54, 1.807) is 0 Å². The van der Waals surface area contributed by atoms with Gasteiger partial charge in [0.2, 0.25) is 5.71 Å². The van der Waals surface area contributed by atoms with E-state index in [0.29, 0.717) is 5.71 Å². The summed E-state index contributed by atoms with van der Waals surface area (Å²) in [7, 11) is 0. The van der Waals surface area contributed by atoms with Gasteiger partial charge in [-0.3, -0.25) is 0 Å². The van der Waals surface area contributed by atoms with Crippen LogP contribution >= 0.6 is 0 Å². The lowest BCUT2D eigenvalue weighted by Crippen LogP contribution is -1.87. The Morgan fingerprint density at radius 2 is 1.39 bits per heavy atom. The first-order chi connectivity index (χ1) is 11.3. The Morgan fingerprint density at radius 1 is 0.783 bits per heavy atom. The smallest absolute Gasteiger partial charge is 0.227 e. The first-order valence-electron chi connectivity index (χ1n) is 7.75. The molecular weight excluding hydrogens is 282 g/mol. The minimum atomic E-state index is 0.700. The van der Waals surface area contributed by atoms with E-state index in [9.17, 15) is 0 Å². The molecule has 2 nitrogen and oxygen atoms in total. The minimum Gasteiger partial charge on any atom is -0.437 e. The normalized spacial score (nSPS) is 11.0. The lowest BCUT2D eigenvalue weighted by atomic mass is 9.96. The van der Waals surface area contributed by atoms with Crippen LogP contribution in [0.2, 0.25) is 0 Å². The Bertz CT molecular complexity index is 969. The Hall–Kier alpha value is -2.87. The molecular formula is C21H17NO. The lowest BCUT2D eigenvalue weighted by molar-refractivity contribution is 0.619. The molecule has 4 aromatic rings. The van der Waals surface area contributed by atoms with Crippen LogP contribution in [0.4, 0.5) is 0 Å². The number of benzene rings is 2. The summed E-state index contributed by atoms with van der Waals surface area (Å²) in [5.74, 6) is 0.882. The molecule has 0 fully saturated rings. The van der Waals surface area contributed by atoms with Crippen molar-refractivity contribution in [3.63, 3.8) is 0 Å². The van der Waals surface area contributed by atoms with Crippen molar-refractivity contribution in [2.45, 2.75) is 13.8 Å². The average molecular weight is 299 g/mol. The fraction of sp³-hybridized carbons (Fsp3) is 0.0952. The van der Waals surface area contributed by atoms with E-state index in [4.69, 9.17) is 4.42 Å². The number of hydrogen-bond acceptors (Lipinski definition) is 2. The molecule has 0 saturated carbocycles. The number of furan rings is 1. The van der Waals surface area contributed by atoms with Gasteiger partial charge < -0.3 is 4.42 Å². The zero-order valence-corrected chi connectivity index (χ0v) is 13.2. The van der Waals surface area contributed by atoms with Crippen LogP contribution in [0.25, 0.3) is 33.6 Å². The van der Waals surface area contributed by atoms with Gasteiger partial charge in [-0.1, -0.05) is 60.7 Å². The predicted molar refractivity (Wildman–Crippen MR) is 94.4 cm³/mol. The highest BCUT2D eigenvalue weighted by atomic mass is 16.3. The van der Waals surface area contributed by atoms with Crippen LogP contribution in [0.3, 0.4) is 0 Å². The second-order valence-corrected chi connectivity index (χ2v) is 5.78. The average Bonchev–Trinajstić information content (AvgIpc) is 3.00. The molecule has 0 aliphatic heterocycles. The van der Waals surface area contributed by atoms with Crippen LogP contribution in [0.5, 0.6) is 0 Å². The van der Waals surface area contributed by atoms with Gasteiger partial charge in [0.1, 0.15) is 5.76 Å². The third kappa shape index (κ3) is 2.23. The maximum Gasteiger partial charge on any atom is 0.227 e. The zero-order valence-electron chi connectivity index (χ0n) is 13.2. The van der Waals surface area contributed by atoms with Gasteiger partial charge in [0, 0.05) is 17.3 Å². The summed E-state index contributed by atoms with van der Waals surface area (Å²) in [5.41, 5.74) is 6.45. The molecule has 0 atom stereocenters. The van der Waals surface area contributed by atoms with Crippen molar-refractivity contribution in [2.24, 2.45) is 0 Å². The summed E-state index contributed by atoms with van der Waals surface area (Å²) in [5, 5.41) is 1.11. The van der Waals surface area contributed by atoms with Crippen molar-refractivity contribution in [1.82, 2.24) is 4.98 Å². The van der Waals surface area contributed by atoms with Gasteiger partial charge in [0.15, 0.2) is 0 Å². The largest absolute Gasteiger partial charge is 0.437 e. The van der Waals surface area contributed by atoms with Gasteiger partial charge in [0.05, 0.1) is 5.39 Å².